The SMILES string of the molecule is CC(NC1Cc2ccc(Cl)cc2C1)c1ccc(Cl)cc1Cl. The predicted molar refractivity (Wildman–Crippen MR) is 90.7 cm³/mol. The molecular formula is C17H16Cl3N. The van der Waals surface area contributed by atoms with E-state index in [4.69, 9.17) is 34.8 Å². The first-order valence-electron chi connectivity index (χ1n) is 7.01. The first kappa shape index (κ1) is 15.2. The molecule has 21 heavy (non-hydrogen) atoms. The molecule has 1 aliphatic carbocycles. The fourth-order valence-electron chi connectivity index (χ4n) is 3.00. The summed E-state index contributed by atoms with van der Waals surface area (Å²) in [5.41, 5.74) is 3.80. The van der Waals surface area contributed by atoms with Gasteiger partial charge in [-0.05, 0) is 60.7 Å². The van der Waals surface area contributed by atoms with Crippen LogP contribution in [0.5, 0.6) is 0 Å². The minimum atomic E-state index is 0.185. The predicted octanol–water partition coefficient (Wildman–Crippen LogP) is 5.46. The van der Waals surface area contributed by atoms with Crippen LogP contribution in [0.2, 0.25) is 15.1 Å². The van der Waals surface area contributed by atoms with Crippen LogP contribution < -0.4 is 5.32 Å². The molecule has 0 spiro atoms. The van der Waals surface area contributed by atoms with Gasteiger partial charge < -0.3 is 5.32 Å². The Hall–Kier alpha value is -0.730. The van der Waals surface area contributed by atoms with E-state index in [0.29, 0.717) is 16.1 Å². The van der Waals surface area contributed by atoms with Gasteiger partial charge >= 0.3 is 0 Å². The fourth-order valence-corrected chi connectivity index (χ4v) is 3.77. The molecule has 110 valence electrons. The number of halogens is 3. The number of nitrogens with one attached hydrogen (secondary N) is 1. The van der Waals surface area contributed by atoms with E-state index in [1.54, 1.807) is 6.07 Å². The number of hydrogen-bond acceptors (Lipinski definition) is 1. The maximum Gasteiger partial charge on any atom is 0.0468 e. The normalized spacial score (nSPS) is 18.6. The second-order valence-electron chi connectivity index (χ2n) is 5.57. The molecule has 0 aromatic heterocycles. The minimum Gasteiger partial charge on any atom is -0.307 e. The lowest BCUT2D eigenvalue weighted by Gasteiger charge is -2.20. The Morgan fingerprint density at radius 1 is 0.952 bits per heavy atom. The molecule has 2 unspecified atom stereocenters. The van der Waals surface area contributed by atoms with Crippen LogP contribution in [0, 0.1) is 0 Å². The topological polar surface area (TPSA) is 12.0 Å². The molecule has 0 saturated heterocycles. The van der Waals surface area contributed by atoms with E-state index in [2.05, 4.69) is 24.4 Å². The van der Waals surface area contributed by atoms with Gasteiger partial charge in [-0.15, -0.1) is 0 Å². The van der Waals surface area contributed by atoms with Crippen LogP contribution in [0.3, 0.4) is 0 Å². The highest BCUT2D eigenvalue weighted by Crippen LogP contribution is 2.29. The van der Waals surface area contributed by atoms with E-state index >= 15 is 0 Å². The molecule has 2 aromatic carbocycles. The van der Waals surface area contributed by atoms with Crippen LogP contribution in [0.15, 0.2) is 36.4 Å². The Bertz CT molecular complexity index is 669. The van der Waals surface area contributed by atoms with Gasteiger partial charge in [-0.25, -0.2) is 0 Å². The molecule has 1 nitrogen and oxygen atoms in total. The number of rotatable bonds is 3. The molecular weight excluding hydrogens is 325 g/mol. The van der Waals surface area contributed by atoms with Crippen LogP contribution in [-0.4, -0.2) is 6.04 Å². The summed E-state index contributed by atoms with van der Waals surface area (Å²) in [5.74, 6) is 0. The molecule has 0 saturated carbocycles. The van der Waals surface area contributed by atoms with E-state index in [-0.39, 0.29) is 6.04 Å². The second-order valence-corrected chi connectivity index (χ2v) is 6.85. The van der Waals surface area contributed by atoms with Gasteiger partial charge in [0.05, 0.1) is 0 Å². The van der Waals surface area contributed by atoms with E-state index in [1.807, 2.05) is 18.2 Å². The third-order valence-corrected chi connectivity index (χ3v) is 4.81. The second kappa shape index (κ2) is 6.18. The highest BCUT2D eigenvalue weighted by Gasteiger charge is 2.23. The largest absolute Gasteiger partial charge is 0.307 e. The van der Waals surface area contributed by atoms with Gasteiger partial charge in [-0.3, -0.25) is 0 Å². The maximum absolute atomic E-state index is 6.28. The average Bonchev–Trinajstić information content (AvgIpc) is 2.79. The van der Waals surface area contributed by atoms with Crippen molar-refractivity contribution in [2.24, 2.45) is 0 Å². The van der Waals surface area contributed by atoms with Crippen molar-refractivity contribution in [2.45, 2.75) is 31.8 Å². The van der Waals surface area contributed by atoms with Crippen LogP contribution >= 0.6 is 34.8 Å². The molecule has 0 aliphatic heterocycles. The summed E-state index contributed by atoms with van der Waals surface area (Å²) in [5, 5.41) is 5.83. The highest BCUT2D eigenvalue weighted by atomic mass is 35.5. The molecule has 2 aromatic rings. The lowest BCUT2D eigenvalue weighted by molar-refractivity contribution is 0.467. The maximum atomic E-state index is 6.28. The third kappa shape index (κ3) is 3.37. The monoisotopic (exact) mass is 339 g/mol. The Balaban J connectivity index is 1.71. The molecule has 1 N–H and O–H groups in total. The number of hydrogen-bond donors (Lipinski definition) is 1. The Labute approximate surface area is 140 Å². The summed E-state index contributed by atoms with van der Waals surface area (Å²) in [6.07, 6.45) is 2.04. The molecule has 1 aliphatic rings. The molecule has 0 bridgehead atoms. The van der Waals surface area contributed by atoms with Gasteiger partial charge in [0.25, 0.3) is 0 Å². The smallest absolute Gasteiger partial charge is 0.0468 e. The van der Waals surface area contributed by atoms with Crippen molar-refractivity contribution in [1.82, 2.24) is 5.32 Å². The Morgan fingerprint density at radius 2 is 1.62 bits per heavy atom. The highest BCUT2D eigenvalue weighted by molar-refractivity contribution is 6.35. The van der Waals surface area contributed by atoms with Crippen molar-refractivity contribution >= 4 is 34.8 Å². The summed E-state index contributed by atoms with van der Waals surface area (Å²) in [6.45, 7) is 2.13. The Kier molecular flexibility index (Phi) is 4.46. The fraction of sp³-hybridized carbons (Fsp3) is 0.294. The van der Waals surface area contributed by atoms with Gasteiger partial charge in [-0.1, -0.05) is 46.9 Å². The van der Waals surface area contributed by atoms with Crippen LogP contribution in [0.4, 0.5) is 0 Å². The number of fused-ring (bicyclic) bond motifs is 1. The molecule has 2 atom stereocenters. The number of benzene rings is 2. The van der Waals surface area contributed by atoms with Gasteiger partial charge in [0.15, 0.2) is 0 Å². The standard InChI is InChI=1S/C17H16Cl3N/c1-10(16-5-4-14(19)9-17(16)20)21-15-7-11-2-3-13(18)6-12(11)8-15/h2-6,9-10,15,21H,7-8H2,1H3. The quantitative estimate of drug-likeness (QED) is 0.781. The van der Waals surface area contributed by atoms with Crippen molar-refractivity contribution < 1.29 is 0 Å². The average molecular weight is 341 g/mol. The third-order valence-electron chi connectivity index (χ3n) is 4.02. The van der Waals surface area contributed by atoms with Gasteiger partial charge in [0, 0.05) is 27.2 Å². The Morgan fingerprint density at radius 3 is 2.38 bits per heavy atom. The molecule has 0 fully saturated rings. The van der Waals surface area contributed by atoms with E-state index in [0.717, 1.165) is 23.4 Å². The van der Waals surface area contributed by atoms with Gasteiger partial charge in [0.2, 0.25) is 0 Å². The van der Waals surface area contributed by atoms with Crippen molar-refractivity contribution in [3.63, 3.8) is 0 Å². The zero-order valence-corrected chi connectivity index (χ0v) is 13.9. The van der Waals surface area contributed by atoms with E-state index < -0.39 is 0 Å². The summed E-state index contributed by atoms with van der Waals surface area (Å²) < 4.78 is 0. The first-order valence-corrected chi connectivity index (χ1v) is 8.14. The first-order chi connectivity index (χ1) is 10.0. The van der Waals surface area contributed by atoms with Crippen molar-refractivity contribution in [1.29, 1.82) is 0 Å². The summed E-state index contributed by atoms with van der Waals surface area (Å²) in [4.78, 5) is 0. The molecule has 4 heteroatoms. The van der Waals surface area contributed by atoms with Crippen LogP contribution in [-0.2, 0) is 12.8 Å². The van der Waals surface area contributed by atoms with Crippen molar-refractivity contribution in [2.75, 3.05) is 0 Å². The molecule has 0 radical (unpaired) electrons. The summed E-state index contributed by atoms with van der Waals surface area (Å²) in [7, 11) is 0. The van der Waals surface area contributed by atoms with Crippen LogP contribution in [0.1, 0.15) is 29.7 Å². The van der Waals surface area contributed by atoms with Crippen molar-refractivity contribution in [3.05, 3.63) is 68.2 Å². The van der Waals surface area contributed by atoms with E-state index in [1.165, 1.54) is 11.1 Å². The lowest BCUT2D eigenvalue weighted by Crippen LogP contribution is -2.32. The zero-order valence-electron chi connectivity index (χ0n) is 11.7. The zero-order chi connectivity index (χ0) is 15.0. The minimum absolute atomic E-state index is 0.185. The van der Waals surface area contributed by atoms with Crippen molar-refractivity contribution in [3.8, 4) is 0 Å². The van der Waals surface area contributed by atoms with Crippen LogP contribution in [0.25, 0.3) is 0 Å². The van der Waals surface area contributed by atoms with Gasteiger partial charge in [-0.2, -0.15) is 0 Å². The molecule has 0 heterocycles. The van der Waals surface area contributed by atoms with Gasteiger partial charge in [0.1, 0.15) is 0 Å². The lowest BCUT2D eigenvalue weighted by atomic mass is 10.1. The summed E-state index contributed by atoms with van der Waals surface area (Å²) >= 11 is 18.3. The molecule has 3 rings (SSSR count). The summed E-state index contributed by atoms with van der Waals surface area (Å²) in [6, 6.07) is 12.4. The molecule has 0 amide bonds. The van der Waals surface area contributed by atoms with E-state index in [9.17, 15) is 0 Å².